The second kappa shape index (κ2) is 5.45. The number of fused-ring (bicyclic) bond motifs is 3. The van der Waals surface area contributed by atoms with Crippen molar-refractivity contribution in [3.63, 3.8) is 0 Å². The summed E-state index contributed by atoms with van der Waals surface area (Å²) in [4.78, 5) is 26.4. The summed E-state index contributed by atoms with van der Waals surface area (Å²) in [7, 11) is 0. The zero-order valence-electron chi connectivity index (χ0n) is 11.8. The first-order valence-corrected chi connectivity index (χ1v) is 7.05. The Morgan fingerprint density at radius 2 is 2.24 bits per heavy atom. The van der Waals surface area contributed by atoms with E-state index in [0.29, 0.717) is 13.0 Å². The molecule has 0 saturated heterocycles. The maximum absolute atomic E-state index is 11.9. The van der Waals surface area contributed by atoms with E-state index in [9.17, 15) is 9.59 Å². The van der Waals surface area contributed by atoms with Crippen LogP contribution in [0.5, 0.6) is 0 Å². The Bertz CT molecular complexity index is 789. The van der Waals surface area contributed by atoms with Gasteiger partial charge < -0.3 is 9.72 Å². The molecule has 1 aromatic heterocycles. The minimum absolute atomic E-state index is 0.173. The molecule has 21 heavy (non-hydrogen) atoms. The monoisotopic (exact) mass is 281 g/mol. The second-order valence-corrected chi connectivity index (χ2v) is 4.99. The molecule has 0 bridgehead atoms. The summed E-state index contributed by atoms with van der Waals surface area (Å²) in [6.07, 6.45) is 2.39. The van der Waals surface area contributed by atoms with Crippen molar-refractivity contribution < 1.29 is 14.3 Å². The molecule has 4 nitrogen and oxygen atoms in total. The molecule has 2 aromatic rings. The van der Waals surface area contributed by atoms with Crippen LogP contribution in [0.1, 0.15) is 41.4 Å². The Kier molecular flexibility index (Phi) is 3.49. The average Bonchev–Trinajstić information content (AvgIpc) is 2.85. The van der Waals surface area contributed by atoms with E-state index < -0.39 is 5.97 Å². The van der Waals surface area contributed by atoms with Crippen molar-refractivity contribution in [2.75, 3.05) is 6.61 Å². The molecule has 106 valence electrons. The molecule has 0 spiro atoms. The molecule has 0 unspecified atom stereocenters. The van der Waals surface area contributed by atoms with E-state index in [1.165, 1.54) is 0 Å². The Morgan fingerprint density at radius 1 is 1.38 bits per heavy atom. The predicted octanol–water partition coefficient (Wildman–Crippen LogP) is 2.60. The van der Waals surface area contributed by atoms with Gasteiger partial charge in [-0.15, -0.1) is 0 Å². The number of Topliss-reactive ketones (excluding diaryl/α,β-unsaturated/α-hetero) is 1. The lowest BCUT2D eigenvalue weighted by atomic mass is 9.94. The molecule has 0 amide bonds. The van der Waals surface area contributed by atoms with Crippen molar-refractivity contribution in [2.24, 2.45) is 0 Å². The molecule has 4 heteroatoms. The van der Waals surface area contributed by atoms with Crippen molar-refractivity contribution in [2.45, 2.75) is 26.2 Å². The van der Waals surface area contributed by atoms with Gasteiger partial charge in [0.2, 0.25) is 0 Å². The van der Waals surface area contributed by atoms with Gasteiger partial charge in [0.05, 0.1) is 12.3 Å². The van der Waals surface area contributed by atoms with Crippen molar-refractivity contribution in [1.82, 2.24) is 4.98 Å². The standard InChI is InChI=1S/C17H15NO3/c1-2-21-16(20)9-7-11-6-8-14-13(10-11)12-4-3-5-15(19)17(12)18-14/h6,8,10,18H,2-5H2,1H3. The summed E-state index contributed by atoms with van der Waals surface area (Å²) in [6, 6.07) is 5.66. The molecular weight excluding hydrogens is 266 g/mol. The Labute approximate surface area is 122 Å². The fourth-order valence-electron chi connectivity index (χ4n) is 2.66. The molecule has 0 atom stereocenters. The lowest BCUT2D eigenvalue weighted by molar-refractivity contribution is -0.136. The lowest BCUT2D eigenvalue weighted by Gasteiger charge is -2.09. The van der Waals surface area contributed by atoms with Gasteiger partial charge in [0.15, 0.2) is 5.78 Å². The normalized spacial score (nSPS) is 13.5. The van der Waals surface area contributed by atoms with Crippen LogP contribution in [0, 0.1) is 11.8 Å². The van der Waals surface area contributed by atoms with Gasteiger partial charge in [-0.3, -0.25) is 4.79 Å². The van der Waals surface area contributed by atoms with E-state index in [-0.39, 0.29) is 5.78 Å². The lowest BCUT2D eigenvalue weighted by Crippen LogP contribution is -2.09. The number of hydrogen-bond acceptors (Lipinski definition) is 3. The minimum Gasteiger partial charge on any atom is -0.456 e. The first-order valence-electron chi connectivity index (χ1n) is 7.05. The van der Waals surface area contributed by atoms with Gasteiger partial charge >= 0.3 is 5.97 Å². The van der Waals surface area contributed by atoms with Gasteiger partial charge in [-0.25, -0.2) is 4.79 Å². The highest BCUT2D eigenvalue weighted by atomic mass is 16.5. The van der Waals surface area contributed by atoms with Crippen molar-refractivity contribution in [3.05, 3.63) is 35.0 Å². The Hall–Kier alpha value is -2.54. The van der Waals surface area contributed by atoms with Crippen LogP contribution in [0.2, 0.25) is 0 Å². The Morgan fingerprint density at radius 3 is 3.05 bits per heavy atom. The van der Waals surface area contributed by atoms with Crippen molar-refractivity contribution in [1.29, 1.82) is 0 Å². The zero-order chi connectivity index (χ0) is 14.8. The maximum atomic E-state index is 11.9. The Balaban J connectivity index is 2.00. The molecule has 1 aromatic carbocycles. The number of H-pyrrole nitrogens is 1. The average molecular weight is 281 g/mol. The van der Waals surface area contributed by atoms with Gasteiger partial charge in [0, 0.05) is 28.8 Å². The van der Waals surface area contributed by atoms with Gasteiger partial charge in [-0.05, 0) is 43.5 Å². The summed E-state index contributed by atoms with van der Waals surface area (Å²) < 4.78 is 4.78. The summed E-state index contributed by atoms with van der Waals surface area (Å²) >= 11 is 0. The smallest absolute Gasteiger partial charge is 0.384 e. The molecule has 1 aliphatic rings. The third-order valence-corrected chi connectivity index (χ3v) is 3.60. The number of ether oxygens (including phenoxy) is 1. The summed E-state index contributed by atoms with van der Waals surface area (Å²) in [5.74, 6) is 4.91. The highest BCUT2D eigenvalue weighted by molar-refractivity contribution is 6.03. The maximum Gasteiger partial charge on any atom is 0.384 e. The number of carbonyl (C=O) groups excluding carboxylic acids is 2. The van der Waals surface area contributed by atoms with E-state index in [1.807, 2.05) is 18.2 Å². The number of rotatable bonds is 1. The van der Waals surface area contributed by atoms with Crippen LogP contribution in [0.15, 0.2) is 18.2 Å². The SMILES string of the molecule is CCOC(=O)C#Cc1ccc2[nH]c3c(c2c1)CCCC3=O. The van der Waals surface area contributed by atoms with E-state index in [2.05, 4.69) is 16.8 Å². The molecule has 0 fully saturated rings. The van der Waals surface area contributed by atoms with Gasteiger partial charge in [0.25, 0.3) is 0 Å². The highest BCUT2D eigenvalue weighted by Gasteiger charge is 2.21. The predicted molar refractivity (Wildman–Crippen MR) is 79.1 cm³/mol. The highest BCUT2D eigenvalue weighted by Crippen LogP contribution is 2.29. The van der Waals surface area contributed by atoms with Crippen LogP contribution in [0.3, 0.4) is 0 Å². The van der Waals surface area contributed by atoms with Gasteiger partial charge in [-0.1, -0.05) is 5.92 Å². The van der Waals surface area contributed by atoms with E-state index in [1.54, 1.807) is 6.92 Å². The molecule has 1 N–H and O–H groups in total. The molecule has 0 saturated carbocycles. The molecule has 0 radical (unpaired) electrons. The number of nitrogens with one attached hydrogen (secondary N) is 1. The van der Waals surface area contributed by atoms with Gasteiger partial charge in [-0.2, -0.15) is 0 Å². The number of hydrogen-bond donors (Lipinski definition) is 1. The first-order chi connectivity index (χ1) is 10.2. The molecule has 1 aliphatic carbocycles. The second-order valence-electron chi connectivity index (χ2n) is 4.99. The van der Waals surface area contributed by atoms with Crippen LogP contribution in [-0.2, 0) is 16.0 Å². The molecule has 3 rings (SSSR count). The van der Waals surface area contributed by atoms with Gasteiger partial charge in [0.1, 0.15) is 0 Å². The van der Waals surface area contributed by atoms with Crippen LogP contribution in [-0.4, -0.2) is 23.3 Å². The van der Waals surface area contributed by atoms with Crippen LogP contribution in [0.4, 0.5) is 0 Å². The largest absolute Gasteiger partial charge is 0.456 e. The van der Waals surface area contributed by atoms with E-state index in [0.717, 1.165) is 40.6 Å². The number of carbonyl (C=O) groups is 2. The van der Waals surface area contributed by atoms with E-state index in [4.69, 9.17) is 4.74 Å². The number of aromatic nitrogens is 1. The third kappa shape index (κ3) is 2.55. The molecular formula is C17H15NO3. The van der Waals surface area contributed by atoms with Crippen molar-refractivity contribution >= 4 is 22.7 Å². The number of aryl methyl sites for hydroxylation is 1. The minimum atomic E-state index is -0.524. The molecule has 1 heterocycles. The third-order valence-electron chi connectivity index (χ3n) is 3.60. The van der Waals surface area contributed by atoms with Crippen LogP contribution < -0.4 is 0 Å². The summed E-state index contributed by atoms with van der Waals surface area (Å²) in [5, 5.41) is 1.02. The summed E-state index contributed by atoms with van der Waals surface area (Å²) in [5.41, 5.74) is 3.49. The first kappa shape index (κ1) is 13.4. The number of ketones is 1. The van der Waals surface area contributed by atoms with E-state index >= 15 is 0 Å². The van der Waals surface area contributed by atoms with Crippen LogP contribution >= 0.6 is 0 Å². The fraction of sp³-hybridized carbons (Fsp3) is 0.294. The quantitative estimate of drug-likeness (QED) is 0.645. The molecule has 0 aliphatic heterocycles. The topological polar surface area (TPSA) is 59.2 Å². The number of aromatic amines is 1. The fourth-order valence-corrected chi connectivity index (χ4v) is 2.66. The van der Waals surface area contributed by atoms with Crippen LogP contribution in [0.25, 0.3) is 10.9 Å². The summed E-state index contributed by atoms with van der Waals surface area (Å²) in [6.45, 7) is 2.06. The van der Waals surface area contributed by atoms with Crippen molar-refractivity contribution in [3.8, 4) is 11.8 Å². The number of benzene rings is 1. The number of esters is 1. The zero-order valence-corrected chi connectivity index (χ0v) is 11.8.